The van der Waals surface area contributed by atoms with Crippen molar-refractivity contribution in [3.63, 3.8) is 0 Å². The van der Waals surface area contributed by atoms with E-state index in [0.29, 0.717) is 6.07 Å². The van der Waals surface area contributed by atoms with Crippen LogP contribution in [0.4, 0.5) is 8.78 Å². The van der Waals surface area contributed by atoms with Crippen LogP contribution in [0, 0.1) is 11.6 Å². The zero-order valence-corrected chi connectivity index (χ0v) is 8.61. The van der Waals surface area contributed by atoms with Gasteiger partial charge < -0.3 is 19.5 Å². The lowest BCUT2D eigenvalue weighted by atomic mass is 9.79. The van der Waals surface area contributed by atoms with Crippen LogP contribution in [-0.4, -0.2) is 37.5 Å². The van der Waals surface area contributed by atoms with Gasteiger partial charge in [0.1, 0.15) is 24.0 Å². The average molecular weight is 232 g/mol. The Morgan fingerprint density at radius 2 is 1.94 bits per heavy atom. The quantitative estimate of drug-likeness (QED) is 0.539. The minimum Gasteiger partial charge on any atom is -0.491 e. The third-order valence-corrected chi connectivity index (χ3v) is 1.86. The molecule has 1 rings (SSSR count). The van der Waals surface area contributed by atoms with Crippen LogP contribution in [0.1, 0.15) is 0 Å². The van der Waals surface area contributed by atoms with Gasteiger partial charge in [-0.1, -0.05) is 0 Å². The fraction of sp³-hybridized carbons (Fsp3) is 0.333. The predicted molar refractivity (Wildman–Crippen MR) is 53.6 cm³/mol. The summed E-state index contributed by atoms with van der Waals surface area (Å²) in [7, 11) is -0.615. The van der Waals surface area contributed by atoms with Gasteiger partial charge in [-0.25, -0.2) is 8.78 Å². The molecule has 4 nitrogen and oxygen atoms in total. The zero-order chi connectivity index (χ0) is 12.1. The van der Waals surface area contributed by atoms with Gasteiger partial charge in [0.15, 0.2) is 0 Å². The second kappa shape index (κ2) is 5.79. The highest BCUT2D eigenvalue weighted by atomic mass is 19.1. The van der Waals surface area contributed by atoms with Gasteiger partial charge >= 0.3 is 7.12 Å². The van der Waals surface area contributed by atoms with Gasteiger partial charge in [0.05, 0.1) is 12.1 Å². The predicted octanol–water partition coefficient (Wildman–Crippen LogP) is -0.330. The topological polar surface area (TPSA) is 58.9 Å². The van der Waals surface area contributed by atoms with Crippen molar-refractivity contribution in [2.24, 2.45) is 0 Å². The molecule has 0 bridgehead atoms. The average Bonchev–Trinajstić information content (AvgIpc) is 2.16. The lowest BCUT2D eigenvalue weighted by Crippen LogP contribution is -2.34. The van der Waals surface area contributed by atoms with E-state index >= 15 is 0 Å². The Hall–Kier alpha value is -1.18. The van der Waals surface area contributed by atoms with Gasteiger partial charge in [-0.05, 0) is 0 Å². The molecule has 0 unspecified atom stereocenters. The van der Waals surface area contributed by atoms with E-state index in [4.69, 9.17) is 14.8 Å². The number of halogens is 2. The van der Waals surface area contributed by atoms with Crippen molar-refractivity contribution >= 4 is 12.6 Å². The Kier molecular flexibility index (Phi) is 4.66. The number of ether oxygens (including phenoxy) is 2. The molecule has 0 aromatic heterocycles. The van der Waals surface area contributed by atoms with Gasteiger partial charge in [-0.3, -0.25) is 0 Å². The minimum absolute atomic E-state index is 0.0547. The van der Waals surface area contributed by atoms with Crippen molar-refractivity contribution in [3.8, 4) is 5.75 Å². The van der Waals surface area contributed by atoms with Gasteiger partial charge in [0.25, 0.3) is 0 Å². The normalized spacial score (nSPS) is 10.3. The fourth-order valence-corrected chi connectivity index (χ4v) is 1.17. The second-order valence-electron chi connectivity index (χ2n) is 3.01. The Labute approximate surface area is 91.6 Å². The summed E-state index contributed by atoms with van der Waals surface area (Å²) in [6.07, 6.45) is 0. The van der Waals surface area contributed by atoms with E-state index < -0.39 is 24.2 Å². The van der Waals surface area contributed by atoms with Crippen molar-refractivity contribution in [2.45, 2.75) is 0 Å². The van der Waals surface area contributed by atoms with E-state index in [1.54, 1.807) is 0 Å². The largest absolute Gasteiger partial charge is 0.495 e. The highest BCUT2D eigenvalue weighted by Gasteiger charge is 2.23. The molecule has 0 aliphatic carbocycles. The summed E-state index contributed by atoms with van der Waals surface area (Å²) in [4.78, 5) is 0. The first-order chi connectivity index (χ1) is 7.56. The smallest absolute Gasteiger partial charge is 0.491 e. The van der Waals surface area contributed by atoms with E-state index in [9.17, 15) is 8.78 Å². The summed E-state index contributed by atoms with van der Waals surface area (Å²) in [5.41, 5.74) is -0.488. The van der Waals surface area contributed by atoms with E-state index in [0.717, 1.165) is 6.07 Å². The molecule has 7 heteroatoms. The van der Waals surface area contributed by atoms with Crippen LogP contribution in [0.15, 0.2) is 12.1 Å². The Morgan fingerprint density at radius 3 is 2.50 bits per heavy atom. The van der Waals surface area contributed by atoms with Crippen molar-refractivity contribution in [1.82, 2.24) is 0 Å². The van der Waals surface area contributed by atoms with Crippen molar-refractivity contribution in [2.75, 3.05) is 20.3 Å². The summed E-state index contributed by atoms with van der Waals surface area (Å²) in [6, 6.07) is 1.44. The molecule has 1 aromatic rings. The molecule has 0 amide bonds. The third-order valence-electron chi connectivity index (χ3n) is 1.86. The summed E-state index contributed by atoms with van der Waals surface area (Å²) in [5.74, 6) is -2.17. The van der Waals surface area contributed by atoms with Gasteiger partial charge in [-0.2, -0.15) is 0 Å². The molecule has 16 heavy (non-hydrogen) atoms. The van der Waals surface area contributed by atoms with Crippen molar-refractivity contribution in [1.29, 1.82) is 0 Å². The van der Waals surface area contributed by atoms with Gasteiger partial charge in [0.2, 0.25) is 0 Å². The summed E-state index contributed by atoms with van der Waals surface area (Å²) < 4.78 is 35.7. The first-order valence-electron chi connectivity index (χ1n) is 4.53. The molecule has 0 atom stereocenters. The van der Waals surface area contributed by atoms with Crippen LogP contribution in [0.3, 0.4) is 0 Å². The molecule has 0 aliphatic rings. The van der Waals surface area contributed by atoms with E-state index in [-0.39, 0.29) is 19.0 Å². The summed E-state index contributed by atoms with van der Waals surface area (Å²) in [6.45, 7) is 0.276. The van der Waals surface area contributed by atoms with Crippen LogP contribution < -0.4 is 10.2 Å². The lowest BCUT2D eigenvalue weighted by molar-refractivity contribution is 0.146. The second-order valence-corrected chi connectivity index (χ2v) is 3.01. The SMILES string of the molecule is COCCOc1cc(F)cc(F)c1B(O)O. The maximum atomic E-state index is 13.2. The summed E-state index contributed by atoms with van der Waals surface area (Å²) in [5, 5.41) is 17.8. The molecule has 0 fully saturated rings. The van der Waals surface area contributed by atoms with Crippen LogP contribution in [0.25, 0.3) is 0 Å². The monoisotopic (exact) mass is 232 g/mol. The third kappa shape index (κ3) is 3.16. The number of benzene rings is 1. The molecule has 0 aliphatic heterocycles. The molecule has 0 radical (unpaired) electrons. The van der Waals surface area contributed by atoms with Crippen molar-refractivity contribution in [3.05, 3.63) is 23.8 Å². The molecular formula is C9H11BF2O4. The van der Waals surface area contributed by atoms with E-state index in [1.165, 1.54) is 7.11 Å². The summed E-state index contributed by atoms with van der Waals surface area (Å²) >= 11 is 0. The first kappa shape index (κ1) is 12.9. The minimum atomic E-state index is -2.06. The van der Waals surface area contributed by atoms with Crippen LogP contribution in [0.5, 0.6) is 5.75 Å². The maximum absolute atomic E-state index is 13.2. The number of hydrogen-bond acceptors (Lipinski definition) is 4. The van der Waals surface area contributed by atoms with Gasteiger partial charge in [-0.15, -0.1) is 0 Å². The van der Waals surface area contributed by atoms with Gasteiger partial charge in [0, 0.05) is 19.2 Å². The molecular weight excluding hydrogens is 221 g/mol. The maximum Gasteiger partial charge on any atom is 0.495 e. The zero-order valence-electron chi connectivity index (χ0n) is 8.61. The molecule has 0 spiro atoms. The molecule has 2 N–H and O–H groups in total. The van der Waals surface area contributed by atoms with Crippen molar-refractivity contribution < 1.29 is 28.3 Å². The Bertz CT molecular complexity index is 360. The van der Waals surface area contributed by atoms with Crippen LogP contribution in [0.2, 0.25) is 0 Å². The van der Waals surface area contributed by atoms with E-state index in [1.807, 2.05) is 0 Å². The molecule has 1 aromatic carbocycles. The van der Waals surface area contributed by atoms with Crippen LogP contribution >= 0.6 is 0 Å². The molecule has 88 valence electrons. The molecule has 0 saturated carbocycles. The molecule has 0 saturated heterocycles. The highest BCUT2D eigenvalue weighted by molar-refractivity contribution is 6.59. The van der Waals surface area contributed by atoms with Crippen LogP contribution in [-0.2, 0) is 4.74 Å². The number of hydrogen-bond donors (Lipinski definition) is 2. The highest BCUT2D eigenvalue weighted by Crippen LogP contribution is 2.13. The standard InChI is InChI=1S/C9H11BF2O4/c1-15-2-3-16-8-5-6(11)4-7(12)9(8)10(13)14/h4-5,13-14H,2-3H2,1H3. The lowest BCUT2D eigenvalue weighted by Gasteiger charge is -2.11. The number of rotatable bonds is 5. The Morgan fingerprint density at radius 1 is 1.25 bits per heavy atom. The Balaban J connectivity index is 2.95. The number of methoxy groups -OCH3 is 1. The fourth-order valence-electron chi connectivity index (χ4n) is 1.17. The molecule has 0 heterocycles. The first-order valence-corrected chi connectivity index (χ1v) is 4.53. The van der Waals surface area contributed by atoms with E-state index in [2.05, 4.69) is 4.74 Å².